The normalized spacial score (nSPS) is 18.9. The molecule has 1 aromatic rings. The highest BCUT2D eigenvalue weighted by atomic mass is 19.3. The maximum atomic E-state index is 13.5. The lowest BCUT2D eigenvalue weighted by Crippen LogP contribution is -2.21. The van der Waals surface area contributed by atoms with Crippen LogP contribution in [0.2, 0.25) is 0 Å². The smallest absolute Gasteiger partial charge is 0.387 e. The van der Waals surface area contributed by atoms with E-state index in [-0.39, 0.29) is 12.3 Å². The van der Waals surface area contributed by atoms with E-state index < -0.39 is 18.2 Å². The number of aliphatic hydroxyl groups excluding tert-OH is 1. The van der Waals surface area contributed by atoms with Crippen molar-refractivity contribution in [3.05, 3.63) is 17.9 Å². The molecule has 20 heavy (non-hydrogen) atoms. The number of ether oxygens (including phenoxy) is 1. The van der Waals surface area contributed by atoms with Gasteiger partial charge >= 0.3 is 6.61 Å². The van der Waals surface area contributed by atoms with Gasteiger partial charge in [0.2, 0.25) is 0 Å². The number of halogens is 3. The third-order valence-corrected chi connectivity index (χ3v) is 3.46. The minimum atomic E-state index is -3.08. The number of hydrogen-bond donors (Lipinski definition) is 2. The van der Waals surface area contributed by atoms with Crippen molar-refractivity contribution in [2.24, 2.45) is 5.92 Å². The molecule has 2 rings (SSSR count). The molecule has 1 saturated heterocycles. The number of alkyl halides is 2. The minimum Gasteiger partial charge on any atom is -0.432 e. The quantitative estimate of drug-likeness (QED) is 0.816. The average molecular weight is 290 g/mol. The van der Waals surface area contributed by atoms with Crippen molar-refractivity contribution >= 4 is 11.4 Å². The summed E-state index contributed by atoms with van der Waals surface area (Å²) in [5, 5.41) is 8.92. The topological polar surface area (TPSA) is 58.7 Å². The van der Waals surface area contributed by atoms with E-state index in [0.717, 1.165) is 12.5 Å². The Kier molecular flexibility index (Phi) is 4.59. The zero-order valence-electron chi connectivity index (χ0n) is 10.9. The number of nitrogens with two attached hydrogens (primary N) is 1. The van der Waals surface area contributed by atoms with Crippen LogP contribution < -0.4 is 15.4 Å². The fraction of sp³-hybridized carbons (Fsp3) is 0.538. The first kappa shape index (κ1) is 14.8. The SMILES string of the molecule is Nc1cc(F)c(OC(F)F)cc1N1CCC(CCO)C1. The second kappa shape index (κ2) is 6.21. The number of benzene rings is 1. The molecule has 7 heteroatoms. The van der Waals surface area contributed by atoms with Crippen LogP contribution >= 0.6 is 0 Å². The Labute approximate surface area is 114 Å². The molecule has 1 atom stereocenters. The molecule has 1 fully saturated rings. The molecule has 0 spiro atoms. The maximum absolute atomic E-state index is 13.5. The van der Waals surface area contributed by atoms with Crippen molar-refractivity contribution in [2.45, 2.75) is 19.5 Å². The second-order valence-electron chi connectivity index (χ2n) is 4.83. The van der Waals surface area contributed by atoms with E-state index >= 15 is 0 Å². The van der Waals surface area contributed by atoms with Gasteiger partial charge in [0.05, 0.1) is 11.4 Å². The van der Waals surface area contributed by atoms with Gasteiger partial charge in [-0.15, -0.1) is 0 Å². The third kappa shape index (κ3) is 3.27. The number of aliphatic hydroxyl groups is 1. The summed E-state index contributed by atoms with van der Waals surface area (Å²) in [5.41, 5.74) is 6.42. The largest absolute Gasteiger partial charge is 0.432 e. The van der Waals surface area contributed by atoms with E-state index in [1.54, 1.807) is 0 Å². The summed E-state index contributed by atoms with van der Waals surface area (Å²) in [6.07, 6.45) is 1.56. The maximum Gasteiger partial charge on any atom is 0.387 e. The molecule has 0 amide bonds. The highest BCUT2D eigenvalue weighted by molar-refractivity contribution is 5.70. The van der Waals surface area contributed by atoms with Crippen LogP contribution in [0, 0.1) is 11.7 Å². The van der Waals surface area contributed by atoms with Crippen LogP contribution in [0.1, 0.15) is 12.8 Å². The summed E-state index contributed by atoms with van der Waals surface area (Å²) in [6, 6.07) is 2.20. The Hall–Kier alpha value is -1.63. The molecule has 0 bridgehead atoms. The molecule has 3 N–H and O–H groups in total. The van der Waals surface area contributed by atoms with Crippen LogP contribution in [0.5, 0.6) is 5.75 Å². The highest BCUT2D eigenvalue weighted by Crippen LogP contribution is 2.35. The molecule has 1 heterocycles. The van der Waals surface area contributed by atoms with E-state index in [0.29, 0.717) is 31.1 Å². The van der Waals surface area contributed by atoms with Gasteiger partial charge in [-0.1, -0.05) is 0 Å². The fourth-order valence-corrected chi connectivity index (χ4v) is 2.49. The minimum absolute atomic E-state index is 0.108. The van der Waals surface area contributed by atoms with Crippen LogP contribution in [-0.2, 0) is 0 Å². The van der Waals surface area contributed by atoms with Gasteiger partial charge in [0.15, 0.2) is 11.6 Å². The van der Waals surface area contributed by atoms with Crippen molar-refractivity contribution < 1.29 is 23.0 Å². The van der Waals surface area contributed by atoms with Crippen LogP contribution in [0.15, 0.2) is 12.1 Å². The first-order valence-electron chi connectivity index (χ1n) is 6.41. The van der Waals surface area contributed by atoms with Gasteiger partial charge in [-0.05, 0) is 18.8 Å². The van der Waals surface area contributed by atoms with E-state index in [1.807, 2.05) is 4.90 Å². The Morgan fingerprint density at radius 3 is 2.85 bits per heavy atom. The summed E-state index contributed by atoms with van der Waals surface area (Å²) >= 11 is 0. The predicted octanol–water partition coefficient (Wildman–Crippen LogP) is 2.22. The number of anilines is 2. The molecule has 0 aromatic heterocycles. The van der Waals surface area contributed by atoms with Gasteiger partial charge in [-0.3, -0.25) is 0 Å². The molecule has 1 unspecified atom stereocenters. The number of nitrogens with zero attached hydrogens (tertiary/aromatic N) is 1. The standard InChI is InChI=1S/C13H17F3N2O2/c14-9-5-10(17)11(6-12(9)20-13(15)16)18-3-1-8(7-18)2-4-19/h5-6,8,13,19H,1-4,7,17H2. The summed E-state index contributed by atoms with van der Waals surface area (Å²) in [5.74, 6) is -1.09. The van der Waals surface area contributed by atoms with Crippen LogP contribution in [0.25, 0.3) is 0 Å². The van der Waals surface area contributed by atoms with Crippen LogP contribution in [0.4, 0.5) is 24.5 Å². The summed E-state index contributed by atoms with van der Waals surface area (Å²) in [4.78, 5) is 1.90. The Balaban J connectivity index is 2.19. The summed E-state index contributed by atoms with van der Waals surface area (Å²) < 4.78 is 42.1. The second-order valence-corrected chi connectivity index (χ2v) is 4.83. The van der Waals surface area contributed by atoms with Crippen LogP contribution in [0.3, 0.4) is 0 Å². The van der Waals surface area contributed by atoms with Crippen molar-refractivity contribution in [3.8, 4) is 5.75 Å². The number of hydrogen-bond acceptors (Lipinski definition) is 4. The summed E-state index contributed by atoms with van der Waals surface area (Å²) in [7, 11) is 0. The lowest BCUT2D eigenvalue weighted by atomic mass is 10.1. The molecule has 1 aromatic carbocycles. The first-order valence-corrected chi connectivity index (χ1v) is 6.41. The number of nitrogen functional groups attached to an aromatic ring is 1. The van der Waals surface area contributed by atoms with Gasteiger partial charge in [-0.25, -0.2) is 4.39 Å². The molecule has 0 saturated carbocycles. The van der Waals surface area contributed by atoms with Gasteiger partial charge in [0, 0.05) is 31.8 Å². The van der Waals surface area contributed by atoms with E-state index in [4.69, 9.17) is 10.8 Å². The molecule has 0 aliphatic carbocycles. The van der Waals surface area contributed by atoms with Crippen molar-refractivity contribution in [3.63, 3.8) is 0 Å². The Morgan fingerprint density at radius 1 is 1.45 bits per heavy atom. The first-order chi connectivity index (χ1) is 9.51. The Bertz CT molecular complexity index is 471. The lowest BCUT2D eigenvalue weighted by molar-refractivity contribution is -0.0521. The average Bonchev–Trinajstić information content (AvgIpc) is 2.81. The van der Waals surface area contributed by atoms with Crippen LogP contribution in [-0.4, -0.2) is 31.4 Å². The molecule has 1 aliphatic rings. The zero-order chi connectivity index (χ0) is 14.7. The predicted molar refractivity (Wildman–Crippen MR) is 69.5 cm³/mol. The van der Waals surface area contributed by atoms with Gasteiger partial charge in [0.25, 0.3) is 0 Å². The molecule has 4 nitrogen and oxygen atoms in total. The van der Waals surface area contributed by atoms with Crippen molar-refractivity contribution in [2.75, 3.05) is 30.3 Å². The summed E-state index contributed by atoms with van der Waals surface area (Å²) in [6.45, 7) is -1.63. The monoisotopic (exact) mass is 290 g/mol. The highest BCUT2D eigenvalue weighted by Gasteiger charge is 2.25. The van der Waals surface area contributed by atoms with Crippen molar-refractivity contribution in [1.82, 2.24) is 0 Å². The van der Waals surface area contributed by atoms with Crippen molar-refractivity contribution in [1.29, 1.82) is 0 Å². The molecule has 0 radical (unpaired) electrons. The number of rotatable bonds is 5. The Morgan fingerprint density at radius 2 is 2.20 bits per heavy atom. The van der Waals surface area contributed by atoms with Gasteiger partial charge < -0.3 is 20.5 Å². The molecule has 1 aliphatic heterocycles. The van der Waals surface area contributed by atoms with E-state index in [9.17, 15) is 13.2 Å². The fourth-order valence-electron chi connectivity index (χ4n) is 2.49. The third-order valence-electron chi connectivity index (χ3n) is 3.46. The van der Waals surface area contributed by atoms with Gasteiger partial charge in [0.1, 0.15) is 0 Å². The van der Waals surface area contributed by atoms with E-state index in [2.05, 4.69) is 4.74 Å². The lowest BCUT2D eigenvalue weighted by Gasteiger charge is -2.21. The van der Waals surface area contributed by atoms with E-state index in [1.165, 1.54) is 6.07 Å². The molecule has 112 valence electrons. The molecular weight excluding hydrogens is 273 g/mol. The zero-order valence-corrected chi connectivity index (χ0v) is 10.9. The molecular formula is C13H17F3N2O2. The van der Waals surface area contributed by atoms with Gasteiger partial charge in [-0.2, -0.15) is 8.78 Å².